The Kier molecular flexibility index (Phi) is 7.09. The van der Waals surface area contributed by atoms with E-state index in [1.807, 2.05) is 18.2 Å². The average Bonchev–Trinajstić information content (AvgIpc) is 3.12. The largest absolute Gasteiger partial charge is 0.493 e. The molecule has 2 aromatic carbocycles. The second-order valence-corrected chi connectivity index (χ2v) is 7.58. The van der Waals surface area contributed by atoms with Gasteiger partial charge in [-0.2, -0.15) is 0 Å². The standard InChI is InChI=1S/C23H26F2N2O4/c1-14(18-6-5-17(24)12-19(18)25)26-23(29)16-11-22(28)27(13-16)9-8-15-4-7-20(30-2)21(10-15)31-3/h4-7,10,12,14,16H,8-9,11,13H2,1-3H3,(H,26,29). The first-order valence-corrected chi connectivity index (χ1v) is 10.1. The minimum absolute atomic E-state index is 0.0961. The summed E-state index contributed by atoms with van der Waals surface area (Å²) in [7, 11) is 3.13. The number of methoxy groups -OCH3 is 2. The maximum absolute atomic E-state index is 13.9. The first kappa shape index (κ1) is 22.5. The number of hydrogen-bond donors (Lipinski definition) is 1. The minimum atomic E-state index is -0.716. The van der Waals surface area contributed by atoms with Gasteiger partial charge in [-0.3, -0.25) is 9.59 Å². The molecule has 1 saturated heterocycles. The highest BCUT2D eigenvalue weighted by Crippen LogP contribution is 2.28. The number of carbonyl (C=O) groups is 2. The SMILES string of the molecule is COc1ccc(CCN2CC(C(=O)NC(C)c3ccc(F)cc3F)CC2=O)cc1OC. The highest BCUT2D eigenvalue weighted by Gasteiger charge is 2.34. The quantitative estimate of drug-likeness (QED) is 0.696. The molecule has 3 rings (SSSR count). The van der Waals surface area contributed by atoms with Gasteiger partial charge in [0.25, 0.3) is 0 Å². The van der Waals surface area contributed by atoms with Crippen molar-refractivity contribution in [2.24, 2.45) is 5.92 Å². The van der Waals surface area contributed by atoms with Crippen molar-refractivity contribution in [3.8, 4) is 11.5 Å². The molecule has 2 unspecified atom stereocenters. The molecule has 2 atom stereocenters. The van der Waals surface area contributed by atoms with Crippen LogP contribution in [0.3, 0.4) is 0 Å². The molecule has 2 amide bonds. The maximum atomic E-state index is 13.9. The number of carbonyl (C=O) groups excluding carboxylic acids is 2. The molecule has 0 bridgehead atoms. The summed E-state index contributed by atoms with van der Waals surface area (Å²) in [5.74, 6) is -1.07. The van der Waals surface area contributed by atoms with Gasteiger partial charge in [0.15, 0.2) is 11.5 Å². The summed E-state index contributed by atoms with van der Waals surface area (Å²) in [6.07, 6.45) is 0.716. The van der Waals surface area contributed by atoms with Crippen LogP contribution in [0.5, 0.6) is 11.5 Å². The summed E-state index contributed by atoms with van der Waals surface area (Å²) in [6, 6.07) is 8.19. The van der Waals surface area contributed by atoms with Crippen molar-refractivity contribution < 1.29 is 27.8 Å². The Morgan fingerprint density at radius 2 is 1.90 bits per heavy atom. The number of benzene rings is 2. The van der Waals surface area contributed by atoms with Crippen molar-refractivity contribution in [2.75, 3.05) is 27.3 Å². The van der Waals surface area contributed by atoms with Crippen LogP contribution in [0.15, 0.2) is 36.4 Å². The maximum Gasteiger partial charge on any atom is 0.225 e. The molecule has 2 aromatic rings. The fraction of sp³-hybridized carbons (Fsp3) is 0.391. The predicted octanol–water partition coefficient (Wildman–Crippen LogP) is 3.25. The normalized spacial score (nSPS) is 16.9. The lowest BCUT2D eigenvalue weighted by molar-refractivity contribution is -0.129. The number of ether oxygens (including phenoxy) is 2. The molecule has 1 fully saturated rings. The molecule has 0 saturated carbocycles. The van der Waals surface area contributed by atoms with Gasteiger partial charge in [0.2, 0.25) is 11.8 Å². The lowest BCUT2D eigenvalue weighted by Crippen LogP contribution is -2.35. The molecule has 166 valence electrons. The number of nitrogens with zero attached hydrogens (tertiary/aromatic N) is 1. The van der Waals surface area contributed by atoms with Gasteiger partial charge in [-0.05, 0) is 37.1 Å². The zero-order valence-corrected chi connectivity index (χ0v) is 17.8. The zero-order valence-electron chi connectivity index (χ0n) is 17.8. The molecule has 1 N–H and O–H groups in total. The smallest absolute Gasteiger partial charge is 0.225 e. The van der Waals surface area contributed by atoms with E-state index in [9.17, 15) is 18.4 Å². The van der Waals surface area contributed by atoms with Gasteiger partial charge in [0.1, 0.15) is 11.6 Å². The van der Waals surface area contributed by atoms with Crippen LogP contribution in [-0.4, -0.2) is 44.0 Å². The molecule has 1 aliphatic rings. The van der Waals surface area contributed by atoms with Crippen molar-refractivity contribution in [3.05, 3.63) is 59.2 Å². The Hall–Kier alpha value is -3.16. The Morgan fingerprint density at radius 1 is 1.16 bits per heavy atom. The Bertz CT molecular complexity index is 967. The first-order chi connectivity index (χ1) is 14.8. The molecule has 6 nitrogen and oxygen atoms in total. The summed E-state index contributed by atoms with van der Waals surface area (Å²) in [4.78, 5) is 26.6. The van der Waals surface area contributed by atoms with Gasteiger partial charge in [-0.1, -0.05) is 12.1 Å². The van der Waals surface area contributed by atoms with Crippen molar-refractivity contribution in [3.63, 3.8) is 0 Å². The highest BCUT2D eigenvalue weighted by atomic mass is 19.1. The van der Waals surface area contributed by atoms with E-state index >= 15 is 0 Å². The molecular weight excluding hydrogens is 406 g/mol. The fourth-order valence-electron chi connectivity index (χ4n) is 3.73. The average molecular weight is 432 g/mol. The summed E-state index contributed by atoms with van der Waals surface area (Å²) in [5.41, 5.74) is 1.18. The van der Waals surface area contributed by atoms with Crippen molar-refractivity contribution in [1.29, 1.82) is 0 Å². The Balaban J connectivity index is 1.56. The molecule has 0 spiro atoms. The van der Waals surface area contributed by atoms with Crippen LogP contribution < -0.4 is 14.8 Å². The summed E-state index contributed by atoms with van der Waals surface area (Å²) >= 11 is 0. The van der Waals surface area contributed by atoms with Crippen LogP contribution in [0.4, 0.5) is 8.78 Å². The first-order valence-electron chi connectivity index (χ1n) is 10.1. The van der Waals surface area contributed by atoms with Crippen LogP contribution in [-0.2, 0) is 16.0 Å². The number of likely N-dealkylation sites (tertiary alicyclic amines) is 1. The van der Waals surface area contributed by atoms with Crippen LogP contribution in [0, 0.1) is 17.6 Å². The molecule has 1 aliphatic heterocycles. The minimum Gasteiger partial charge on any atom is -0.493 e. The van der Waals surface area contributed by atoms with E-state index < -0.39 is 23.6 Å². The lowest BCUT2D eigenvalue weighted by atomic mass is 10.0. The van der Waals surface area contributed by atoms with Crippen LogP contribution in [0.1, 0.15) is 30.5 Å². The predicted molar refractivity (Wildman–Crippen MR) is 111 cm³/mol. The van der Waals surface area contributed by atoms with Gasteiger partial charge < -0.3 is 19.7 Å². The number of halogens is 2. The summed E-state index contributed by atoms with van der Waals surface area (Å²) in [6.45, 7) is 2.40. The number of hydrogen-bond acceptors (Lipinski definition) is 4. The lowest BCUT2D eigenvalue weighted by Gasteiger charge is -2.19. The van der Waals surface area contributed by atoms with Crippen LogP contribution in [0.25, 0.3) is 0 Å². The second kappa shape index (κ2) is 9.76. The van der Waals surface area contributed by atoms with E-state index in [2.05, 4.69) is 5.32 Å². The van der Waals surface area contributed by atoms with E-state index in [1.165, 1.54) is 6.07 Å². The third-order valence-electron chi connectivity index (χ3n) is 5.49. The summed E-state index contributed by atoms with van der Waals surface area (Å²) < 4.78 is 37.6. The van der Waals surface area contributed by atoms with Gasteiger partial charge in [0.05, 0.1) is 26.2 Å². The molecule has 1 heterocycles. The number of amides is 2. The third-order valence-corrected chi connectivity index (χ3v) is 5.49. The van der Waals surface area contributed by atoms with Gasteiger partial charge in [-0.25, -0.2) is 8.78 Å². The van der Waals surface area contributed by atoms with Crippen molar-refractivity contribution in [2.45, 2.75) is 25.8 Å². The molecule has 0 aromatic heterocycles. The van der Waals surface area contributed by atoms with Crippen molar-refractivity contribution in [1.82, 2.24) is 10.2 Å². The van der Waals surface area contributed by atoms with E-state index in [1.54, 1.807) is 26.0 Å². The summed E-state index contributed by atoms with van der Waals surface area (Å²) in [5, 5.41) is 2.73. The van der Waals surface area contributed by atoms with Crippen molar-refractivity contribution >= 4 is 11.8 Å². The highest BCUT2D eigenvalue weighted by molar-refractivity contribution is 5.89. The van der Waals surface area contributed by atoms with Crippen LogP contribution >= 0.6 is 0 Å². The monoisotopic (exact) mass is 432 g/mol. The number of nitrogens with one attached hydrogen (secondary N) is 1. The van der Waals surface area contributed by atoms with Gasteiger partial charge in [0, 0.05) is 31.1 Å². The molecule has 8 heteroatoms. The van der Waals surface area contributed by atoms with Gasteiger partial charge in [-0.15, -0.1) is 0 Å². The Morgan fingerprint density at radius 3 is 2.58 bits per heavy atom. The van der Waals surface area contributed by atoms with Crippen LogP contribution in [0.2, 0.25) is 0 Å². The van der Waals surface area contributed by atoms with E-state index in [4.69, 9.17) is 9.47 Å². The Labute approximate surface area is 180 Å². The van der Waals surface area contributed by atoms with E-state index in [0.29, 0.717) is 31.0 Å². The van der Waals surface area contributed by atoms with Gasteiger partial charge >= 0.3 is 0 Å². The third kappa shape index (κ3) is 5.31. The molecular formula is C23H26F2N2O4. The molecule has 0 aliphatic carbocycles. The van der Waals surface area contributed by atoms with E-state index in [-0.39, 0.29) is 23.8 Å². The number of rotatable bonds is 8. The molecule has 0 radical (unpaired) electrons. The van der Waals surface area contributed by atoms with E-state index in [0.717, 1.165) is 17.7 Å². The topological polar surface area (TPSA) is 67.9 Å². The fourth-order valence-corrected chi connectivity index (χ4v) is 3.73. The second-order valence-electron chi connectivity index (χ2n) is 7.58. The zero-order chi connectivity index (χ0) is 22.5. The molecule has 31 heavy (non-hydrogen) atoms.